The van der Waals surface area contributed by atoms with Crippen LogP contribution in [0.3, 0.4) is 0 Å². The van der Waals surface area contributed by atoms with Crippen LogP contribution in [0, 0.1) is 18.8 Å². The van der Waals surface area contributed by atoms with Crippen LogP contribution in [0.25, 0.3) is 0 Å². The van der Waals surface area contributed by atoms with Crippen molar-refractivity contribution in [3.63, 3.8) is 0 Å². The van der Waals surface area contributed by atoms with Gasteiger partial charge in [-0.15, -0.1) is 0 Å². The van der Waals surface area contributed by atoms with E-state index < -0.39 is 0 Å². The molecule has 1 nitrogen and oxygen atoms in total. The lowest BCUT2D eigenvalue weighted by Gasteiger charge is -1.94. The first kappa shape index (κ1) is 9.83. The van der Waals surface area contributed by atoms with Crippen LogP contribution in [-0.2, 0) is 0 Å². The van der Waals surface area contributed by atoms with Crippen LogP contribution in [0.1, 0.15) is 24.0 Å². The van der Waals surface area contributed by atoms with E-state index in [2.05, 4.69) is 24.8 Å². The number of unbranched alkanes of at least 4 members (excludes halogenated alkanes) is 1. The molecule has 0 bridgehead atoms. The summed E-state index contributed by atoms with van der Waals surface area (Å²) in [5.41, 5.74) is 7.73. The smallest absolute Gasteiger partial charge is 0.0274 e. The number of hydrogen-bond acceptors (Lipinski definition) is 1. The third kappa shape index (κ3) is 3.31. The Bertz CT molecular complexity index is 317. The molecular formula is C12H15N. The highest BCUT2D eigenvalue weighted by atomic mass is 14.5. The summed E-state index contributed by atoms with van der Waals surface area (Å²) in [6, 6.07) is 8.16. The Morgan fingerprint density at radius 1 is 1.31 bits per heavy atom. The zero-order valence-electron chi connectivity index (χ0n) is 8.01. The zero-order valence-corrected chi connectivity index (χ0v) is 8.01. The van der Waals surface area contributed by atoms with Gasteiger partial charge in [0.05, 0.1) is 0 Å². The van der Waals surface area contributed by atoms with Crippen molar-refractivity contribution in [2.75, 3.05) is 6.54 Å². The molecular weight excluding hydrogens is 158 g/mol. The second-order valence-corrected chi connectivity index (χ2v) is 3.01. The Balaban J connectivity index is 2.61. The SMILES string of the molecule is Cc1ccccc1C#CCCCN. The molecule has 0 fully saturated rings. The van der Waals surface area contributed by atoms with Gasteiger partial charge in [0.1, 0.15) is 0 Å². The molecule has 0 saturated carbocycles. The van der Waals surface area contributed by atoms with Crippen molar-refractivity contribution in [3.05, 3.63) is 35.4 Å². The summed E-state index contributed by atoms with van der Waals surface area (Å²) in [5.74, 6) is 6.26. The van der Waals surface area contributed by atoms with Crippen LogP contribution in [-0.4, -0.2) is 6.54 Å². The molecule has 1 aromatic carbocycles. The lowest BCUT2D eigenvalue weighted by molar-refractivity contribution is 0.870. The van der Waals surface area contributed by atoms with E-state index in [9.17, 15) is 0 Å². The van der Waals surface area contributed by atoms with Crippen molar-refractivity contribution < 1.29 is 0 Å². The van der Waals surface area contributed by atoms with Gasteiger partial charge in [0.25, 0.3) is 0 Å². The summed E-state index contributed by atoms with van der Waals surface area (Å²) in [7, 11) is 0. The fourth-order valence-electron chi connectivity index (χ4n) is 1.06. The van der Waals surface area contributed by atoms with Crippen LogP contribution < -0.4 is 5.73 Å². The van der Waals surface area contributed by atoms with E-state index in [1.165, 1.54) is 5.56 Å². The molecule has 0 saturated heterocycles. The van der Waals surface area contributed by atoms with Gasteiger partial charge in [-0.2, -0.15) is 0 Å². The third-order valence-corrected chi connectivity index (χ3v) is 1.87. The van der Waals surface area contributed by atoms with Gasteiger partial charge < -0.3 is 5.73 Å². The second kappa shape index (κ2) is 5.40. The maximum absolute atomic E-state index is 5.37. The molecule has 0 aliphatic rings. The van der Waals surface area contributed by atoms with E-state index in [1.807, 2.05) is 18.2 Å². The summed E-state index contributed by atoms with van der Waals surface area (Å²) < 4.78 is 0. The Hall–Kier alpha value is -1.26. The minimum absolute atomic E-state index is 0.725. The lowest BCUT2D eigenvalue weighted by Crippen LogP contribution is -1.96. The van der Waals surface area contributed by atoms with Crippen LogP contribution in [0.4, 0.5) is 0 Å². The van der Waals surface area contributed by atoms with Crippen molar-refractivity contribution in [3.8, 4) is 11.8 Å². The first-order chi connectivity index (χ1) is 6.34. The molecule has 0 heterocycles. The standard InChI is InChI=1S/C12H15N/c1-11-7-4-5-9-12(11)8-3-2-6-10-13/h4-5,7,9H,2,6,10,13H2,1H3. The van der Waals surface area contributed by atoms with E-state index in [1.54, 1.807) is 0 Å². The molecule has 0 unspecified atom stereocenters. The number of aryl methyl sites for hydroxylation is 1. The highest BCUT2D eigenvalue weighted by molar-refractivity contribution is 5.40. The molecule has 0 radical (unpaired) electrons. The molecule has 0 atom stereocenters. The van der Waals surface area contributed by atoms with Crippen molar-refractivity contribution in [1.29, 1.82) is 0 Å². The molecule has 1 rings (SSSR count). The number of benzene rings is 1. The predicted molar refractivity (Wildman–Crippen MR) is 56.3 cm³/mol. The Morgan fingerprint density at radius 2 is 2.08 bits per heavy atom. The average Bonchev–Trinajstić information content (AvgIpc) is 2.15. The number of hydrogen-bond donors (Lipinski definition) is 1. The minimum Gasteiger partial charge on any atom is -0.330 e. The maximum atomic E-state index is 5.37. The largest absolute Gasteiger partial charge is 0.330 e. The van der Waals surface area contributed by atoms with Crippen molar-refractivity contribution in [2.24, 2.45) is 5.73 Å². The summed E-state index contributed by atoms with van der Waals surface area (Å²) in [4.78, 5) is 0. The number of nitrogens with two attached hydrogens (primary N) is 1. The van der Waals surface area contributed by atoms with Crippen molar-refractivity contribution in [1.82, 2.24) is 0 Å². The molecule has 0 aliphatic carbocycles. The van der Waals surface area contributed by atoms with Gasteiger partial charge in [-0.25, -0.2) is 0 Å². The summed E-state index contributed by atoms with van der Waals surface area (Å²) in [6.07, 6.45) is 1.88. The average molecular weight is 173 g/mol. The molecule has 0 amide bonds. The molecule has 2 N–H and O–H groups in total. The van der Waals surface area contributed by atoms with Crippen LogP contribution >= 0.6 is 0 Å². The topological polar surface area (TPSA) is 26.0 Å². The van der Waals surface area contributed by atoms with Gasteiger partial charge in [-0.1, -0.05) is 30.0 Å². The molecule has 0 aromatic heterocycles. The van der Waals surface area contributed by atoms with Gasteiger partial charge in [-0.3, -0.25) is 0 Å². The molecule has 1 aromatic rings. The van der Waals surface area contributed by atoms with Crippen molar-refractivity contribution in [2.45, 2.75) is 19.8 Å². The van der Waals surface area contributed by atoms with Crippen LogP contribution in [0.15, 0.2) is 24.3 Å². The number of rotatable bonds is 2. The predicted octanol–water partition coefficient (Wildman–Crippen LogP) is 2.09. The molecule has 13 heavy (non-hydrogen) atoms. The van der Waals surface area contributed by atoms with Gasteiger partial charge in [0.15, 0.2) is 0 Å². The second-order valence-electron chi connectivity index (χ2n) is 3.01. The highest BCUT2D eigenvalue weighted by Gasteiger charge is 1.89. The normalized spacial score (nSPS) is 9.08. The zero-order chi connectivity index (χ0) is 9.52. The third-order valence-electron chi connectivity index (χ3n) is 1.87. The monoisotopic (exact) mass is 173 g/mol. The van der Waals surface area contributed by atoms with Gasteiger partial charge in [0.2, 0.25) is 0 Å². The summed E-state index contributed by atoms with van der Waals surface area (Å²) in [5, 5.41) is 0. The fourth-order valence-corrected chi connectivity index (χ4v) is 1.06. The fraction of sp³-hybridized carbons (Fsp3) is 0.333. The maximum Gasteiger partial charge on any atom is 0.0274 e. The van der Waals surface area contributed by atoms with E-state index >= 15 is 0 Å². The Kier molecular flexibility index (Phi) is 4.08. The quantitative estimate of drug-likeness (QED) is 0.538. The lowest BCUT2D eigenvalue weighted by atomic mass is 10.1. The Morgan fingerprint density at radius 3 is 2.77 bits per heavy atom. The van der Waals surface area contributed by atoms with E-state index in [0.717, 1.165) is 24.9 Å². The van der Waals surface area contributed by atoms with Gasteiger partial charge in [-0.05, 0) is 31.5 Å². The molecule has 68 valence electrons. The Labute approximate surface area is 80.0 Å². The van der Waals surface area contributed by atoms with E-state index in [-0.39, 0.29) is 0 Å². The van der Waals surface area contributed by atoms with E-state index in [0.29, 0.717) is 0 Å². The molecule has 0 spiro atoms. The molecule has 1 heteroatoms. The van der Waals surface area contributed by atoms with Crippen LogP contribution in [0.2, 0.25) is 0 Å². The van der Waals surface area contributed by atoms with Crippen LogP contribution in [0.5, 0.6) is 0 Å². The highest BCUT2D eigenvalue weighted by Crippen LogP contribution is 2.04. The molecule has 0 aliphatic heterocycles. The minimum atomic E-state index is 0.725. The van der Waals surface area contributed by atoms with Gasteiger partial charge >= 0.3 is 0 Å². The summed E-state index contributed by atoms with van der Waals surface area (Å²) >= 11 is 0. The van der Waals surface area contributed by atoms with Gasteiger partial charge in [0, 0.05) is 12.0 Å². The first-order valence-electron chi connectivity index (χ1n) is 4.59. The summed E-state index contributed by atoms with van der Waals surface area (Å²) in [6.45, 7) is 2.80. The van der Waals surface area contributed by atoms with E-state index in [4.69, 9.17) is 5.73 Å². The van der Waals surface area contributed by atoms with Crippen molar-refractivity contribution >= 4 is 0 Å². The first-order valence-corrected chi connectivity index (χ1v) is 4.59.